The van der Waals surface area contributed by atoms with Crippen LogP contribution in [0.5, 0.6) is 0 Å². The van der Waals surface area contributed by atoms with Crippen LogP contribution in [0.2, 0.25) is 0 Å². The highest BCUT2D eigenvalue weighted by Gasteiger charge is 2.25. The molecular weight excluding hydrogens is 467 g/mol. The lowest BCUT2D eigenvalue weighted by Crippen LogP contribution is -2.36. The molecular formula is C18H21IN2O4S. The fourth-order valence-electron chi connectivity index (χ4n) is 2.90. The SMILES string of the molecule is CC(C)(C)OC(=O)NCC1OCCc2c(-c3cc(SI)on3)cccc21. The summed E-state index contributed by atoms with van der Waals surface area (Å²) in [6.07, 6.45) is 0.148. The molecule has 2 heterocycles. The van der Waals surface area contributed by atoms with E-state index in [1.807, 2.05) is 45.0 Å². The van der Waals surface area contributed by atoms with Gasteiger partial charge in [0.2, 0.25) is 5.09 Å². The zero-order valence-electron chi connectivity index (χ0n) is 14.9. The van der Waals surface area contributed by atoms with Gasteiger partial charge in [-0.25, -0.2) is 4.79 Å². The first kappa shape index (κ1) is 19.5. The molecule has 6 nitrogen and oxygen atoms in total. The molecule has 26 heavy (non-hydrogen) atoms. The maximum atomic E-state index is 11.9. The van der Waals surface area contributed by atoms with Gasteiger partial charge in [0.05, 0.1) is 13.2 Å². The van der Waals surface area contributed by atoms with Crippen LogP contribution in [-0.2, 0) is 15.9 Å². The van der Waals surface area contributed by atoms with Crippen molar-refractivity contribution in [3.8, 4) is 11.3 Å². The third-order valence-corrected chi connectivity index (χ3v) is 5.55. The molecule has 1 amide bonds. The van der Waals surface area contributed by atoms with Gasteiger partial charge in [-0.1, -0.05) is 23.4 Å². The van der Waals surface area contributed by atoms with E-state index in [4.69, 9.17) is 14.0 Å². The predicted octanol–water partition coefficient (Wildman–Crippen LogP) is 4.92. The first-order valence-corrected chi connectivity index (χ1v) is 11.7. The number of amides is 1. The molecule has 0 saturated carbocycles. The van der Waals surface area contributed by atoms with Gasteiger partial charge in [-0.05, 0) is 47.3 Å². The molecule has 1 atom stereocenters. The third kappa shape index (κ3) is 4.72. The predicted molar refractivity (Wildman–Crippen MR) is 108 cm³/mol. The average molecular weight is 488 g/mol. The lowest BCUT2D eigenvalue weighted by molar-refractivity contribution is 0.0289. The molecule has 140 valence electrons. The minimum atomic E-state index is -0.524. The van der Waals surface area contributed by atoms with Crippen LogP contribution in [0.25, 0.3) is 11.3 Å². The monoisotopic (exact) mass is 488 g/mol. The van der Waals surface area contributed by atoms with Crippen LogP contribution in [0.15, 0.2) is 33.9 Å². The summed E-state index contributed by atoms with van der Waals surface area (Å²) >= 11 is 2.17. The minimum Gasteiger partial charge on any atom is -0.444 e. The second-order valence-electron chi connectivity index (χ2n) is 6.97. The minimum absolute atomic E-state index is 0.212. The lowest BCUT2D eigenvalue weighted by atomic mass is 9.91. The molecule has 8 heteroatoms. The van der Waals surface area contributed by atoms with E-state index < -0.39 is 11.7 Å². The highest BCUT2D eigenvalue weighted by molar-refractivity contribution is 14.2. The van der Waals surface area contributed by atoms with Crippen LogP contribution in [0.3, 0.4) is 0 Å². The summed E-state index contributed by atoms with van der Waals surface area (Å²) in [6, 6.07) is 8.00. The Kier molecular flexibility index (Phi) is 6.13. The number of ether oxygens (including phenoxy) is 2. The first-order chi connectivity index (χ1) is 12.4. The van der Waals surface area contributed by atoms with Gasteiger partial charge in [0.1, 0.15) is 17.4 Å². The number of fused-ring (bicyclic) bond motifs is 1. The van der Waals surface area contributed by atoms with E-state index in [2.05, 4.69) is 31.7 Å². The standard InChI is InChI=1S/C18H21IN2O4S/c1-18(2,3)24-17(22)20-10-15-13-6-4-5-12(11(13)7-8-23-15)14-9-16(26-19)25-21-14/h4-6,9,15H,7-8,10H2,1-3H3,(H,20,22). The van der Waals surface area contributed by atoms with Gasteiger partial charge in [-0.2, -0.15) is 0 Å². The van der Waals surface area contributed by atoms with Gasteiger partial charge in [0.15, 0.2) is 0 Å². The Labute approximate surface area is 169 Å². The molecule has 0 radical (unpaired) electrons. The van der Waals surface area contributed by atoms with Gasteiger partial charge in [-0.3, -0.25) is 0 Å². The fourth-order valence-corrected chi connectivity index (χ4v) is 3.74. The molecule has 3 rings (SSSR count). The summed E-state index contributed by atoms with van der Waals surface area (Å²) in [4.78, 5) is 11.9. The molecule has 1 unspecified atom stereocenters. The quantitative estimate of drug-likeness (QED) is 0.616. The van der Waals surface area contributed by atoms with Crippen molar-refractivity contribution in [1.82, 2.24) is 10.5 Å². The smallest absolute Gasteiger partial charge is 0.407 e. The van der Waals surface area contributed by atoms with Crippen LogP contribution >= 0.6 is 30.1 Å². The van der Waals surface area contributed by atoms with Gasteiger partial charge in [-0.15, -0.1) is 0 Å². The van der Waals surface area contributed by atoms with E-state index in [1.165, 1.54) is 14.5 Å². The normalized spacial score (nSPS) is 16.8. The number of carbonyl (C=O) groups is 1. The second-order valence-corrected chi connectivity index (χ2v) is 8.85. The Bertz CT molecular complexity index is 788. The van der Waals surface area contributed by atoms with Crippen LogP contribution in [0.4, 0.5) is 4.79 Å². The van der Waals surface area contributed by atoms with E-state index >= 15 is 0 Å². The number of benzene rings is 1. The van der Waals surface area contributed by atoms with Crippen LogP contribution < -0.4 is 5.32 Å². The van der Waals surface area contributed by atoms with E-state index in [-0.39, 0.29) is 6.10 Å². The maximum Gasteiger partial charge on any atom is 0.407 e. The molecule has 1 aliphatic rings. The van der Waals surface area contributed by atoms with Crippen molar-refractivity contribution >= 4 is 36.2 Å². The Hall–Kier alpha value is -1.26. The Morgan fingerprint density at radius 1 is 1.46 bits per heavy atom. The topological polar surface area (TPSA) is 73.6 Å². The highest BCUT2D eigenvalue weighted by Crippen LogP contribution is 2.36. The molecule has 0 saturated heterocycles. The zero-order chi connectivity index (χ0) is 18.7. The summed E-state index contributed by atoms with van der Waals surface area (Å²) < 4.78 is 16.5. The molecule has 0 spiro atoms. The number of hydrogen-bond acceptors (Lipinski definition) is 6. The Morgan fingerprint density at radius 2 is 2.27 bits per heavy atom. The maximum absolute atomic E-state index is 11.9. The number of carbonyl (C=O) groups excluding carboxylic acids is 1. The van der Waals surface area contributed by atoms with Crippen LogP contribution in [-0.4, -0.2) is 30.0 Å². The second kappa shape index (κ2) is 8.18. The number of nitrogens with zero attached hydrogens (tertiary/aromatic N) is 1. The summed E-state index contributed by atoms with van der Waals surface area (Å²) in [5, 5.41) is 7.74. The van der Waals surface area contributed by atoms with E-state index in [1.54, 1.807) is 0 Å². The number of halogens is 1. The van der Waals surface area contributed by atoms with Crippen LogP contribution in [0.1, 0.15) is 38.0 Å². The van der Waals surface area contributed by atoms with Crippen molar-refractivity contribution < 1.29 is 18.8 Å². The molecule has 2 aromatic rings. The summed E-state index contributed by atoms with van der Waals surface area (Å²) in [7, 11) is 1.49. The Balaban J connectivity index is 1.78. The fraction of sp³-hybridized carbons (Fsp3) is 0.444. The first-order valence-electron chi connectivity index (χ1n) is 8.33. The van der Waals surface area contributed by atoms with Gasteiger partial charge < -0.3 is 19.3 Å². The molecule has 1 aromatic heterocycles. The summed E-state index contributed by atoms with van der Waals surface area (Å²) in [5.74, 6) is 0. The van der Waals surface area contributed by atoms with Crippen LogP contribution in [0, 0.1) is 0 Å². The summed E-state index contributed by atoms with van der Waals surface area (Å²) in [5.41, 5.74) is 3.60. The van der Waals surface area contributed by atoms with E-state index in [0.717, 1.165) is 28.3 Å². The number of aromatic nitrogens is 1. The van der Waals surface area contributed by atoms with Gasteiger partial charge >= 0.3 is 6.09 Å². The number of nitrogens with one attached hydrogen (secondary N) is 1. The van der Waals surface area contributed by atoms with E-state index in [9.17, 15) is 4.79 Å². The lowest BCUT2D eigenvalue weighted by Gasteiger charge is -2.28. The van der Waals surface area contributed by atoms with E-state index in [0.29, 0.717) is 13.2 Å². The van der Waals surface area contributed by atoms with Crippen molar-refractivity contribution in [2.24, 2.45) is 0 Å². The Morgan fingerprint density at radius 3 is 2.96 bits per heavy atom. The number of hydrogen-bond donors (Lipinski definition) is 1. The molecule has 0 aliphatic carbocycles. The summed E-state index contributed by atoms with van der Waals surface area (Å²) in [6.45, 7) is 6.47. The molecule has 1 N–H and O–H groups in total. The van der Waals surface area contributed by atoms with Gasteiger partial charge in [0.25, 0.3) is 0 Å². The number of rotatable bonds is 4. The van der Waals surface area contributed by atoms with Gasteiger partial charge in [0, 0.05) is 32.8 Å². The molecule has 1 aromatic carbocycles. The average Bonchev–Trinajstić information content (AvgIpc) is 3.07. The van der Waals surface area contributed by atoms with Crippen molar-refractivity contribution in [3.05, 3.63) is 35.4 Å². The molecule has 0 fully saturated rings. The van der Waals surface area contributed by atoms with Crippen molar-refractivity contribution in [1.29, 1.82) is 0 Å². The zero-order valence-corrected chi connectivity index (χ0v) is 17.8. The van der Waals surface area contributed by atoms with Crippen molar-refractivity contribution in [2.75, 3.05) is 13.2 Å². The molecule has 0 bridgehead atoms. The highest BCUT2D eigenvalue weighted by atomic mass is 127. The van der Waals surface area contributed by atoms with Crippen molar-refractivity contribution in [3.63, 3.8) is 0 Å². The third-order valence-electron chi connectivity index (χ3n) is 3.90. The van der Waals surface area contributed by atoms with Crippen molar-refractivity contribution in [2.45, 2.75) is 44.0 Å². The largest absolute Gasteiger partial charge is 0.444 e. The number of alkyl carbamates (subject to hydrolysis) is 1. The molecule has 1 aliphatic heterocycles.